The molecule has 0 spiro atoms. The lowest BCUT2D eigenvalue weighted by Crippen LogP contribution is -2.42. The van der Waals surface area contributed by atoms with Gasteiger partial charge in [-0.05, 0) is 43.4 Å². The van der Waals surface area contributed by atoms with Crippen molar-refractivity contribution in [2.45, 2.75) is 52.0 Å². The van der Waals surface area contributed by atoms with Gasteiger partial charge in [0.2, 0.25) is 5.91 Å². The van der Waals surface area contributed by atoms with Gasteiger partial charge in [0.25, 0.3) is 5.56 Å². The lowest BCUT2D eigenvalue weighted by Gasteiger charge is -2.34. The number of halogens is 1. The number of piperidine rings is 1. The average molecular weight is 426 g/mol. The lowest BCUT2D eigenvalue weighted by atomic mass is 9.94. The van der Waals surface area contributed by atoms with Gasteiger partial charge in [-0.25, -0.2) is 14.1 Å². The highest BCUT2D eigenvalue weighted by molar-refractivity contribution is 5.79. The first-order valence-corrected chi connectivity index (χ1v) is 10.9. The number of carbonyl (C=O) groups is 1. The molecular weight excluding hydrogens is 399 g/mol. The number of hydrogen-bond acceptors (Lipinski definition) is 5. The summed E-state index contributed by atoms with van der Waals surface area (Å²) in [5, 5.41) is 8.05. The Morgan fingerprint density at radius 1 is 1.26 bits per heavy atom. The van der Waals surface area contributed by atoms with Gasteiger partial charge in [0.15, 0.2) is 11.2 Å². The Balaban J connectivity index is 1.61. The quantitative estimate of drug-likeness (QED) is 0.654. The highest BCUT2D eigenvalue weighted by Crippen LogP contribution is 2.26. The van der Waals surface area contributed by atoms with Crippen molar-refractivity contribution >= 4 is 17.1 Å². The average Bonchev–Trinajstić information content (AvgIpc) is 3.19. The number of likely N-dealkylation sites (tertiary alicyclic amines) is 1. The second kappa shape index (κ2) is 8.95. The SMILES string of the molecule is CCC(CC)C(=O)N1CCC[C@H](c2nc3c(nnn3Cc3ccc(F)cc3)c(=O)[nH]2)C1. The molecule has 4 rings (SSSR count). The zero-order chi connectivity index (χ0) is 22.0. The van der Waals surface area contributed by atoms with Crippen LogP contribution in [0, 0.1) is 11.7 Å². The van der Waals surface area contributed by atoms with E-state index < -0.39 is 0 Å². The molecule has 0 aliphatic carbocycles. The van der Waals surface area contributed by atoms with Gasteiger partial charge in [-0.1, -0.05) is 31.2 Å². The lowest BCUT2D eigenvalue weighted by molar-refractivity contribution is -0.137. The number of rotatable bonds is 6. The fraction of sp³-hybridized carbons (Fsp3) is 0.500. The van der Waals surface area contributed by atoms with Gasteiger partial charge in [0.1, 0.15) is 11.6 Å². The number of aromatic nitrogens is 5. The van der Waals surface area contributed by atoms with Gasteiger partial charge in [0.05, 0.1) is 6.54 Å². The molecule has 0 bridgehead atoms. The van der Waals surface area contributed by atoms with Crippen LogP contribution in [0.2, 0.25) is 0 Å². The number of aromatic amines is 1. The van der Waals surface area contributed by atoms with Gasteiger partial charge in [0, 0.05) is 24.9 Å². The van der Waals surface area contributed by atoms with E-state index >= 15 is 0 Å². The number of benzene rings is 1. The topological polar surface area (TPSA) is 96.8 Å². The molecule has 1 fully saturated rings. The largest absolute Gasteiger partial charge is 0.342 e. The molecule has 1 aliphatic rings. The number of fused-ring (bicyclic) bond motifs is 1. The minimum atomic E-state index is -0.339. The molecule has 8 nitrogen and oxygen atoms in total. The molecule has 164 valence electrons. The van der Waals surface area contributed by atoms with E-state index in [1.54, 1.807) is 16.8 Å². The maximum Gasteiger partial charge on any atom is 0.281 e. The second-order valence-electron chi connectivity index (χ2n) is 8.13. The van der Waals surface area contributed by atoms with Crippen molar-refractivity contribution in [1.29, 1.82) is 0 Å². The van der Waals surface area contributed by atoms with E-state index in [1.165, 1.54) is 12.1 Å². The second-order valence-corrected chi connectivity index (χ2v) is 8.13. The van der Waals surface area contributed by atoms with Crippen molar-refractivity contribution in [3.05, 3.63) is 51.8 Å². The molecule has 1 atom stereocenters. The third-order valence-corrected chi connectivity index (χ3v) is 6.09. The van der Waals surface area contributed by atoms with E-state index in [-0.39, 0.29) is 34.6 Å². The highest BCUT2D eigenvalue weighted by Gasteiger charge is 2.29. The molecule has 1 N–H and O–H groups in total. The van der Waals surface area contributed by atoms with Crippen LogP contribution in [0.15, 0.2) is 29.1 Å². The Morgan fingerprint density at radius 3 is 2.71 bits per heavy atom. The summed E-state index contributed by atoms with van der Waals surface area (Å²) in [6.45, 7) is 5.69. The van der Waals surface area contributed by atoms with Crippen molar-refractivity contribution in [1.82, 2.24) is 29.9 Å². The summed E-state index contributed by atoms with van der Waals surface area (Å²) in [4.78, 5) is 34.9. The molecule has 0 saturated carbocycles. The van der Waals surface area contributed by atoms with Crippen molar-refractivity contribution in [2.75, 3.05) is 13.1 Å². The van der Waals surface area contributed by atoms with Crippen LogP contribution in [0.4, 0.5) is 4.39 Å². The van der Waals surface area contributed by atoms with Gasteiger partial charge in [-0.15, -0.1) is 5.10 Å². The minimum Gasteiger partial charge on any atom is -0.342 e. The van der Waals surface area contributed by atoms with Gasteiger partial charge >= 0.3 is 0 Å². The zero-order valence-corrected chi connectivity index (χ0v) is 17.8. The molecular formula is C22H27FN6O2. The molecule has 1 aromatic carbocycles. The first-order chi connectivity index (χ1) is 15.0. The summed E-state index contributed by atoms with van der Waals surface area (Å²) in [5.41, 5.74) is 1.06. The molecule has 9 heteroatoms. The molecule has 1 saturated heterocycles. The minimum absolute atomic E-state index is 0.0366. The standard InChI is InChI=1S/C22H27FN6O2/c1-3-15(4-2)22(31)28-11-5-6-16(13-28)19-24-20-18(21(30)25-19)26-27-29(20)12-14-7-9-17(23)10-8-14/h7-10,15-16H,3-6,11-13H2,1-2H3,(H,24,25,30)/t16-/m0/s1. The maximum atomic E-state index is 13.2. The van der Waals surface area contributed by atoms with E-state index in [9.17, 15) is 14.0 Å². The predicted molar refractivity (Wildman–Crippen MR) is 114 cm³/mol. The summed E-state index contributed by atoms with van der Waals surface area (Å²) in [7, 11) is 0. The molecule has 1 amide bonds. The number of H-pyrrole nitrogens is 1. The number of nitrogens with one attached hydrogen (secondary N) is 1. The monoisotopic (exact) mass is 426 g/mol. The van der Waals surface area contributed by atoms with Crippen LogP contribution in [0.5, 0.6) is 0 Å². The number of hydrogen-bond donors (Lipinski definition) is 1. The first kappa shape index (κ1) is 21.1. The van der Waals surface area contributed by atoms with E-state index in [2.05, 4.69) is 20.3 Å². The predicted octanol–water partition coefficient (Wildman–Crippen LogP) is 2.84. The first-order valence-electron chi connectivity index (χ1n) is 10.9. The maximum absolute atomic E-state index is 13.2. The molecule has 31 heavy (non-hydrogen) atoms. The molecule has 0 unspecified atom stereocenters. The smallest absolute Gasteiger partial charge is 0.281 e. The van der Waals surface area contributed by atoms with Gasteiger partial charge in [-0.3, -0.25) is 9.59 Å². The Hall–Kier alpha value is -3.10. The summed E-state index contributed by atoms with van der Waals surface area (Å²) < 4.78 is 14.7. The summed E-state index contributed by atoms with van der Waals surface area (Å²) >= 11 is 0. The summed E-state index contributed by atoms with van der Waals surface area (Å²) in [6, 6.07) is 6.10. The van der Waals surface area contributed by atoms with Crippen molar-refractivity contribution < 1.29 is 9.18 Å². The van der Waals surface area contributed by atoms with E-state index in [0.717, 1.165) is 37.8 Å². The van der Waals surface area contributed by atoms with Crippen molar-refractivity contribution in [3.63, 3.8) is 0 Å². The van der Waals surface area contributed by atoms with Gasteiger partial charge < -0.3 is 9.88 Å². The fourth-order valence-corrected chi connectivity index (χ4v) is 4.24. The normalized spacial score (nSPS) is 16.9. The summed E-state index contributed by atoms with van der Waals surface area (Å²) in [6.07, 6.45) is 3.36. The van der Waals surface area contributed by atoms with Crippen LogP contribution in [-0.2, 0) is 11.3 Å². The third-order valence-electron chi connectivity index (χ3n) is 6.09. The van der Waals surface area contributed by atoms with Crippen LogP contribution in [-0.4, -0.2) is 48.9 Å². The molecule has 3 aromatic rings. The number of carbonyl (C=O) groups excluding carboxylic acids is 1. The van der Waals surface area contributed by atoms with Crippen LogP contribution < -0.4 is 5.56 Å². The Morgan fingerprint density at radius 2 is 2.00 bits per heavy atom. The Bertz CT molecular complexity index is 1120. The third kappa shape index (κ3) is 4.35. The summed E-state index contributed by atoms with van der Waals surface area (Å²) in [5.74, 6) is 0.421. The van der Waals surface area contributed by atoms with Crippen LogP contribution in [0.3, 0.4) is 0 Å². The zero-order valence-electron chi connectivity index (χ0n) is 17.8. The Kier molecular flexibility index (Phi) is 6.11. The molecule has 2 aromatic heterocycles. The molecule has 3 heterocycles. The van der Waals surface area contributed by atoms with E-state index in [4.69, 9.17) is 0 Å². The van der Waals surface area contributed by atoms with Crippen LogP contribution >= 0.6 is 0 Å². The van der Waals surface area contributed by atoms with E-state index in [0.29, 0.717) is 24.6 Å². The highest BCUT2D eigenvalue weighted by atomic mass is 19.1. The Labute approximate surface area is 179 Å². The molecule has 1 aliphatic heterocycles. The van der Waals surface area contributed by atoms with Crippen molar-refractivity contribution in [2.24, 2.45) is 5.92 Å². The van der Waals surface area contributed by atoms with E-state index in [1.807, 2.05) is 18.7 Å². The van der Waals surface area contributed by atoms with Crippen molar-refractivity contribution in [3.8, 4) is 0 Å². The fourth-order valence-electron chi connectivity index (χ4n) is 4.24. The number of nitrogens with zero attached hydrogens (tertiary/aromatic N) is 5. The van der Waals surface area contributed by atoms with Crippen LogP contribution in [0.25, 0.3) is 11.2 Å². The van der Waals surface area contributed by atoms with Crippen LogP contribution in [0.1, 0.15) is 56.8 Å². The molecule has 0 radical (unpaired) electrons. The van der Waals surface area contributed by atoms with Gasteiger partial charge in [-0.2, -0.15) is 0 Å². The number of amides is 1.